The van der Waals surface area contributed by atoms with Gasteiger partial charge in [0, 0.05) is 43.8 Å². The Morgan fingerprint density at radius 2 is 1.52 bits per heavy atom. The summed E-state index contributed by atoms with van der Waals surface area (Å²) in [6, 6.07) is 16.1. The number of hydrogen-bond acceptors (Lipinski definition) is 6. The van der Waals surface area contributed by atoms with Crippen molar-refractivity contribution in [1.82, 2.24) is 14.8 Å². The summed E-state index contributed by atoms with van der Waals surface area (Å²) in [5.41, 5.74) is 0.356. The van der Waals surface area contributed by atoms with Gasteiger partial charge in [0.2, 0.25) is 0 Å². The van der Waals surface area contributed by atoms with Gasteiger partial charge in [-0.15, -0.1) is 0 Å². The van der Waals surface area contributed by atoms with Crippen molar-refractivity contribution in [3.05, 3.63) is 95.7 Å². The van der Waals surface area contributed by atoms with Gasteiger partial charge >= 0.3 is 0 Å². The Morgan fingerprint density at radius 3 is 2.23 bits per heavy atom. The zero-order chi connectivity index (χ0) is 28.4. The Morgan fingerprint density at radius 1 is 0.875 bits per heavy atom. The summed E-state index contributed by atoms with van der Waals surface area (Å²) in [6.45, 7) is 0.569. The Hall–Kier alpha value is -4.58. The molecule has 0 aliphatic carbocycles. The lowest BCUT2D eigenvalue weighted by atomic mass is 10.1. The van der Waals surface area contributed by atoms with Gasteiger partial charge in [0.1, 0.15) is 10.6 Å². The second-order valence-electron chi connectivity index (χ2n) is 9.04. The van der Waals surface area contributed by atoms with Gasteiger partial charge in [-0.05, 0) is 36.4 Å². The number of piperazine rings is 1. The van der Waals surface area contributed by atoms with Crippen molar-refractivity contribution in [3.8, 4) is 5.75 Å². The number of aromatic nitrogens is 1. The van der Waals surface area contributed by atoms with Crippen LogP contribution in [0.25, 0.3) is 10.9 Å². The maximum atomic E-state index is 14.1. The SMILES string of the molecule is COc1cc(NS(=O)(=O)c2cccc3cccnc23)ccc1C(=O)N1CCN(C(=O)c2cccc(F)c2F)CC1. The number of ether oxygens (including phenoxy) is 1. The normalized spacial score (nSPS) is 13.8. The van der Waals surface area contributed by atoms with E-state index in [0.29, 0.717) is 10.9 Å². The molecule has 1 aromatic heterocycles. The van der Waals surface area contributed by atoms with E-state index in [4.69, 9.17) is 4.74 Å². The number of nitrogens with zero attached hydrogens (tertiary/aromatic N) is 3. The Labute approximate surface area is 229 Å². The van der Waals surface area contributed by atoms with Gasteiger partial charge < -0.3 is 14.5 Å². The number of carbonyl (C=O) groups excluding carboxylic acids is 2. The van der Waals surface area contributed by atoms with E-state index in [1.807, 2.05) is 0 Å². The van der Waals surface area contributed by atoms with E-state index in [-0.39, 0.29) is 59.5 Å². The third kappa shape index (κ3) is 5.17. The number of sulfonamides is 1. The molecule has 5 rings (SSSR count). The fraction of sp³-hybridized carbons (Fsp3) is 0.179. The number of anilines is 1. The zero-order valence-corrected chi connectivity index (χ0v) is 22.1. The molecule has 0 radical (unpaired) electrons. The second-order valence-corrected chi connectivity index (χ2v) is 10.7. The van der Waals surface area contributed by atoms with Crippen molar-refractivity contribution >= 4 is 38.4 Å². The Kier molecular flexibility index (Phi) is 7.35. The van der Waals surface area contributed by atoms with Gasteiger partial charge in [0.15, 0.2) is 11.6 Å². The van der Waals surface area contributed by atoms with Gasteiger partial charge in [-0.1, -0.05) is 24.3 Å². The number of fused-ring (bicyclic) bond motifs is 1. The molecular formula is C28H24F2N4O5S. The summed E-state index contributed by atoms with van der Waals surface area (Å²) in [5.74, 6) is -3.19. The molecule has 1 aliphatic heterocycles. The average Bonchev–Trinajstić information content (AvgIpc) is 2.97. The number of benzene rings is 3. The van der Waals surface area contributed by atoms with Crippen LogP contribution in [0, 0.1) is 11.6 Å². The second kappa shape index (κ2) is 10.9. The predicted octanol–water partition coefficient (Wildman–Crippen LogP) is 3.92. The Bertz CT molecular complexity index is 1720. The van der Waals surface area contributed by atoms with Crippen LogP contribution in [0.5, 0.6) is 5.75 Å². The Balaban J connectivity index is 1.30. The van der Waals surface area contributed by atoms with E-state index in [0.717, 1.165) is 6.07 Å². The smallest absolute Gasteiger partial charge is 0.264 e. The number of methoxy groups -OCH3 is 1. The molecule has 0 spiro atoms. The summed E-state index contributed by atoms with van der Waals surface area (Å²) in [6.07, 6.45) is 1.51. The van der Waals surface area contributed by atoms with Crippen molar-refractivity contribution in [2.24, 2.45) is 0 Å². The number of nitrogens with one attached hydrogen (secondary N) is 1. The maximum Gasteiger partial charge on any atom is 0.264 e. The van der Waals surface area contributed by atoms with E-state index < -0.39 is 27.6 Å². The molecule has 0 saturated carbocycles. The molecule has 4 aromatic rings. The summed E-state index contributed by atoms with van der Waals surface area (Å²) < 4.78 is 61.9. The lowest BCUT2D eigenvalue weighted by molar-refractivity contribution is 0.0530. The lowest BCUT2D eigenvalue weighted by Gasteiger charge is -2.35. The topological polar surface area (TPSA) is 109 Å². The maximum absolute atomic E-state index is 14.1. The quantitative estimate of drug-likeness (QED) is 0.379. The molecule has 2 heterocycles. The van der Waals surface area contributed by atoms with Crippen LogP contribution in [0.15, 0.2) is 77.8 Å². The molecule has 3 aromatic carbocycles. The van der Waals surface area contributed by atoms with Crippen LogP contribution in [0.1, 0.15) is 20.7 Å². The monoisotopic (exact) mass is 566 g/mol. The first kappa shape index (κ1) is 27.0. The molecule has 2 amide bonds. The van der Waals surface area contributed by atoms with Crippen LogP contribution >= 0.6 is 0 Å². The van der Waals surface area contributed by atoms with Crippen molar-refractivity contribution < 1.29 is 31.5 Å². The van der Waals surface area contributed by atoms with Gasteiger partial charge in [0.25, 0.3) is 21.8 Å². The van der Waals surface area contributed by atoms with Crippen molar-refractivity contribution in [3.63, 3.8) is 0 Å². The molecule has 0 unspecified atom stereocenters. The van der Waals surface area contributed by atoms with Crippen molar-refractivity contribution in [2.45, 2.75) is 4.90 Å². The molecule has 9 nitrogen and oxygen atoms in total. The van der Waals surface area contributed by atoms with Crippen LogP contribution < -0.4 is 9.46 Å². The number of rotatable bonds is 6. The highest BCUT2D eigenvalue weighted by atomic mass is 32.2. The fourth-order valence-corrected chi connectivity index (χ4v) is 5.79. The minimum Gasteiger partial charge on any atom is -0.496 e. The first-order valence-electron chi connectivity index (χ1n) is 12.3. The van der Waals surface area contributed by atoms with Gasteiger partial charge in [-0.2, -0.15) is 0 Å². The van der Waals surface area contributed by atoms with Gasteiger partial charge in [0.05, 0.1) is 29.4 Å². The molecule has 1 aliphatic rings. The highest BCUT2D eigenvalue weighted by Crippen LogP contribution is 2.28. The van der Waals surface area contributed by atoms with Crippen LogP contribution in [0.3, 0.4) is 0 Å². The number of para-hydroxylation sites is 1. The molecule has 1 fully saturated rings. The highest BCUT2D eigenvalue weighted by molar-refractivity contribution is 7.93. The van der Waals surface area contributed by atoms with Crippen LogP contribution in [-0.2, 0) is 10.0 Å². The van der Waals surface area contributed by atoms with E-state index >= 15 is 0 Å². The summed E-state index contributed by atoms with van der Waals surface area (Å²) in [7, 11) is -2.65. The minimum absolute atomic E-state index is 0.00950. The van der Waals surface area contributed by atoms with E-state index in [9.17, 15) is 26.8 Å². The summed E-state index contributed by atoms with van der Waals surface area (Å²) in [5, 5.41) is 0.673. The first-order chi connectivity index (χ1) is 19.2. The lowest BCUT2D eigenvalue weighted by Crippen LogP contribution is -2.50. The molecule has 0 bridgehead atoms. The number of pyridine rings is 1. The summed E-state index contributed by atoms with van der Waals surface area (Å²) in [4.78, 5) is 33.0. The molecule has 0 atom stereocenters. The first-order valence-corrected chi connectivity index (χ1v) is 13.7. The van der Waals surface area contributed by atoms with Gasteiger partial charge in [-0.3, -0.25) is 19.3 Å². The van der Waals surface area contributed by atoms with Crippen molar-refractivity contribution in [1.29, 1.82) is 0 Å². The molecule has 1 saturated heterocycles. The number of halogens is 2. The predicted molar refractivity (Wildman–Crippen MR) is 144 cm³/mol. The third-order valence-electron chi connectivity index (χ3n) is 6.61. The van der Waals surface area contributed by atoms with Crippen molar-refractivity contribution in [2.75, 3.05) is 38.0 Å². The molecule has 206 valence electrons. The minimum atomic E-state index is -4.01. The number of hydrogen-bond donors (Lipinski definition) is 1. The average molecular weight is 567 g/mol. The van der Waals surface area contributed by atoms with Crippen LogP contribution in [0.4, 0.5) is 14.5 Å². The van der Waals surface area contributed by atoms with E-state index in [1.165, 1.54) is 59.5 Å². The van der Waals surface area contributed by atoms with Crippen LogP contribution in [0.2, 0.25) is 0 Å². The molecular weight excluding hydrogens is 542 g/mol. The fourth-order valence-electron chi connectivity index (χ4n) is 4.56. The van der Waals surface area contributed by atoms with Crippen LogP contribution in [-0.4, -0.2) is 68.3 Å². The van der Waals surface area contributed by atoms with E-state index in [1.54, 1.807) is 24.3 Å². The summed E-state index contributed by atoms with van der Waals surface area (Å²) >= 11 is 0. The number of carbonyl (C=O) groups is 2. The third-order valence-corrected chi connectivity index (χ3v) is 8.02. The number of amides is 2. The van der Waals surface area contributed by atoms with Gasteiger partial charge in [-0.25, -0.2) is 17.2 Å². The zero-order valence-electron chi connectivity index (χ0n) is 21.3. The molecule has 12 heteroatoms. The largest absolute Gasteiger partial charge is 0.496 e. The standard InChI is InChI=1S/C28H24F2N4O5S/c1-39-23-17-19(32-40(37,38)24-9-2-5-18-6-4-12-31-26(18)24)10-11-20(23)27(35)33-13-15-34(16-14-33)28(36)21-7-3-8-22(29)25(21)30/h2-12,17,32H,13-16H2,1H3. The van der Waals surface area contributed by atoms with E-state index in [2.05, 4.69) is 9.71 Å². The highest BCUT2D eigenvalue weighted by Gasteiger charge is 2.29. The molecule has 40 heavy (non-hydrogen) atoms. The molecule has 1 N–H and O–H groups in total.